The van der Waals surface area contributed by atoms with Crippen LogP contribution in [0, 0.1) is 16.0 Å². The molecule has 0 spiro atoms. The number of thiophene rings is 1. The summed E-state index contributed by atoms with van der Waals surface area (Å²) in [7, 11) is 1.77. The number of hydrogen-bond donors (Lipinski definition) is 1. The standard InChI is InChI=1S/C20H20N6O3S2/c1-12-3-5-16-14(7-12)9-18(30-16)19(27)23-21-10-13-4-6-17(15(8-13)26(28)29)31-20-24-22-11-25(20)2/h4,6,8-12H,3,5,7H2,1-2H3,(H,23,27)/b21-10-/t12-/m1/s1. The normalized spacial score (nSPS) is 15.7. The molecule has 11 heteroatoms. The Morgan fingerprint density at radius 3 is 3.03 bits per heavy atom. The number of hydrogen-bond acceptors (Lipinski definition) is 8. The lowest BCUT2D eigenvalue weighted by Gasteiger charge is -2.16. The second-order valence-electron chi connectivity index (χ2n) is 7.42. The smallest absolute Gasteiger partial charge is 0.283 e. The molecule has 4 rings (SSSR count). The van der Waals surface area contributed by atoms with Gasteiger partial charge < -0.3 is 4.57 Å². The fraction of sp³-hybridized carbons (Fsp3) is 0.300. The van der Waals surface area contributed by atoms with Gasteiger partial charge in [-0.05, 0) is 54.6 Å². The number of benzene rings is 1. The summed E-state index contributed by atoms with van der Waals surface area (Å²) in [6, 6.07) is 6.70. The maximum Gasteiger partial charge on any atom is 0.283 e. The third-order valence-electron chi connectivity index (χ3n) is 4.98. The third-order valence-corrected chi connectivity index (χ3v) is 7.34. The summed E-state index contributed by atoms with van der Waals surface area (Å²) in [6.45, 7) is 2.22. The van der Waals surface area contributed by atoms with Gasteiger partial charge in [0.05, 0.1) is 20.9 Å². The zero-order valence-electron chi connectivity index (χ0n) is 16.9. The number of nitro groups is 1. The Morgan fingerprint density at radius 2 is 2.29 bits per heavy atom. The molecule has 0 radical (unpaired) electrons. The Bertz CT molecular complexity index is 1170. The van der Waals surface area contributed by atoms with Crippen LogP contribution in [0.5, 0.6) is 0 Å². The van der Waals surface area contributed by atoms with E-state index in [1.54, 1.807) is 23.7 Å². The van der Waals surface area contributed by atoms with Crippen LogP contribution in [-0.2, 0) is 19.9 Å². The minimum Gasteiger partial charge on any atom is -0.311 e. The van der Waals surface area contributed by atoms with Crippen LogP contribution in [0.3, 0.4) is 0 Å². The van der Waals surface area contributed by atoms with Crippen LogP contribution >= 0.6 is 23.1 Å². The van der Waals surface area contributed by atoms with Crippen LogP contribution in [0.25, 0.3) is 0 Å². The molecule has 2 heterocycles. The zero-order chi connectivity index (χ0) is 22.0. The summed E-state index contributed by atoms with van der Waals surface area (Å²) >= 11 is 2.67. The van der Waals surface area contributed by atoms with Gasteiger partial charge in [0, 0.05) is 23.6 Å². The molecule has 0 saturated heterocycles. The summed E-state index contributed by atoms with van der Waals surface area (Å²) in [5, 5.41) is 23.8. The monoisotopic (exact) mass is 456 g/mol. The maximum absolute atomic E-state index is 12.4. The molecule has 1 amide bonds. The first-order chi connectivity index (χ1) is 14.9. The summed E-state index contributed by atoms with van der Waals surface area (Å²) in [5.74, 6) is 0.369. The second kappa shape index (κ2) is 8.98. The molecule has 1 N–H and O–H groups in total. The number of aryl methyl sites for hydroxylation is 2. The lowest BCUT2D eigenvalue weighted by atomic mass is 9.90. The highest BCUT2D eigenvalue weighted by Gasteiger charge is 2.21. The molecular weight excluding hydrogens is 436 g/mol. The van der Waals surface area contributed by atoms with E-state index >= 15 is 0 Å². The topological polar surface area (TPSA) is 115 Å². The van der Waals surface area contributed by atoms with E-state index < -0.39 is 4.92 Å². The van der Waals surface area contributed by atoms with Crippen molar-refractivity contribution in [1.29, 1.82) is 0 Å². The SMILES string of the molecule is C[C@@H]1CCc2sc(C(=O)N/N=C\c3ccc(Sc4nncn4C)c([N+](=O)[O-])c3)cc2C1. The lowest BCUT2D eigenvalue weighted by Crippen LogP contribution is -2.16. The molecule has 0 fully saturated rings. The Kier molecular flexibility index (Phi) is 6.14. The fourth-order valence-corrected chi connectivity index (χ4v) is 5.29. The highest BCUT2D eigenvalue weighted by molar-refractivity contribution is 7.99. The predicted octanol–water partition coefficient (Wildman–Crippen LogP) is 3.82. The minimum atomic E-state index is -0.453. The van der Waals surface area contributed by atoms with Gasteiger partial charge >= 0.3 is 0 Å². The molecule has 1 aliphatic carbocycles. The van der Waals surface area contributed by atoms with Gasteiger partial charge in [0.1, 0.15) is 6.33 Å². The van der Waals surface area contributed by atoms with Crippen LogP contribution in [0.4, 0.5) is 5.69 Å². The zero-order valence-corrected chi connectivity index (χ0v) is 18.6. The number of fused-ring (bicyclic) bond motifs is 1. The van der Waals surface area contributed by atoms with Crippen LogP contribution < -0.4 is 5.43 Å². The van der Waals surface area contributed by atoms with Crippen LogP contribution in [-0.4, -0.2) is 31.8 Å². The molecule has 160 valence electrons. The predicted molar refractivity (Wildman–Crippen MR) is 119 cm³/mol. The minimum absolute atomic E-state index is 0.0664. The molecule has 1 aliphatic rings. The Morgan fingerprint density at radius 1 is 1.45 bits per heavy atom. The van der Waals surface area contributed by atoms with Crippen molar-refractivity contribution in [2.45, 2.75) is 36.2 Å². The number of nitrogens with one attached hydrogen (secondary N) is 1. The number of carbonyl (C=O) groups is 1. The Balaban J connectivity index is 1.45. The molecule has 3 aromatic rings. The van der Waals surface area contributed by atoms with Crippen LogP contribution in [0.1, 0.15) is 39.0 Å². The van der Waals surface area contributed by atoms with E-state index in [0.717, 1.165) is 31.0 Å². The van der Waals surface area contributed by atoms with Gasteiger partial charge in [-0.15, -0.1) is 21.5 Å². The van der Waals surface area contributed by atoms with Gasteiger partial charge in [-0.1, -0.05) is 13.0 Å². The highest BCUT2D eigenvalue weighted by Crippen LogP contribution is 2.34. The van der Waals surface area contributed by atoms with Crippen molar-refractivity contribution < 1.29 is 9.72 Å². The molecule has 0 aliphatic heterocycles. The average molecular weight is 457 g/mol. The number of nitrogens with zero attached hydrogens (tertiary/aromatic N) is 5. The van der Waals surface area contributed by atoms with Crippen LogP contribution in [0.2, 0.25) is 0 Å². The third kappa shape index (κ3) is 4.83. The number of nitro benzene ring substituents is 1. The highest BCUT2D eigenvalue weighted by atomic mass is 32.2. The fourth-order valence-electron chi connectivity index (χ4n) is 3.35. The van der Waals surface area contributed by atoms with Crippen molar-refractivity contribution in [3.05, 3.63) is 61.6 Å². The molecule has 9 nitrogen and oxygen atoms in total. The lowest BCUT2D eigenvalue weighted by molar-refractivity contribution is -0.387. The van der Waals surface area contributed by atoms with E-state index in [-0.39, 0.29) is 11.6 Å². The molecule has 0 bridgehead atoms. The van der Waals surface area contributed by atoms with E-state index in [1.807, 2.05) is 6.07 Å². The molecule has 0 unspecified atom stereocenters. The number of aromatic nitrogens is 3. The summed E-state index contributed by atoms with van der Waals surface area (Å²) in [4.78, 5) is 25.8. The van der Waals surface area contributed by atoms with Gasteiger partial charge in [0.25, 0.3) is 11.6 Å². The van der Waals surface area contributed by atoms with Crippen molar-refractivity contribution in [3.8, 4) is 0 Å². The Labute approximate surface area is 186 Å². The average Bonchev–Trinajstić information content (AvgIpc) is 3.34. The summed E-state index contributed by atoms with van der Waals surface area (Å²) < 4.78 is 1.68. The molecule has 31 heavy (non-hydrogen) atoms. The molecular formula is C20H20N6O3S2. The second-order valence-corrected chi connectivity index (χ2v) is 9.56. The number of hydrazone groups is 1. The van der Waals surface area contributed by atoms with Gasteiger partial charge in [-0.2, -0.15) is 5.10 Å². The quantitative estimate of drug-likeness (QED) is 0.342. The summed E-state index contributed by atoms with van der Waals surface area (Å²) in [6.07, 6.45) is 6.10. The van der Waals surface area contributed by atoms with E-state index in [0.29, 0.717) is 26.4 Å². The molecule has 0 saturated carbocycles. The maximum atomic E-state index is 12.4. The first-order valence-corrected chi connectivity index (χ1v) is 11.3. The number of carbonyl (C=O) groups excluding carboxylic acids is 1. The van der Waals surface area contributed by atoms with E-state index in [2.05, 4.69) is 27.6 Å². The molecule has 1 atom stereocenters. The van der Waals surface area contributed by atoms with Gasteiger partial charge in [-0.3, -0.25) is 14.9 Å². The van der Waals surface area contributed by atoms with E-state index in [4.69, 9.17) is 0 Å². The van der Waals surface area contributed by atoms with Crippen molar-refractivity contribution in [3.63, 3.8) is 0 Å². The van der Waals surface area contributed by atoms with E-state index in [9.17, 15) is 14.9 Å². The Hall–Kier alpha value is -3.05. The van der Waals surface area contributed by atoms with Gasteiger partial charge in [0.15, 0.2) is 5.16 Å². The first kappa shape index (κ1) is 21.2. The largest absolute Gasteiger partial charge is 0.311 e. The van der Waals surface area contributed by atoms with Crippen molar-refractivity contribution in [2.75, 3.05) is 0 Å². The number of amides is 1. The molecule has 1 aromatic carbocycles. The van der Waals surface area contributed by atoms with Crippen molar-refractivity contribution in [2.24, 2.45) is 18.1 Å². The van der Waals surface area contributed by atoms with Crippen molar-refractivity contribution >= 4 is 40.9 Å². The van der Waals surface area contributed by atoms with Crippen molar-refractivity contribution in [1.82, 2.24) is 20.2 Å². The van der Waals surface area contributed by atoms with E-state index in [1.165, 1.54) is 40.4 Å². The van der Waals surface area contributed by atoms with Crippen LogP contribution in [0.15, 0.2) is 45.7 Å². The number of rotatable bonds is 6. The molecule has 2 aromatic heterocycles. The first-order valence-electron chi connectivity index (χ1n) is 9.66. The van der Waals surface area contributed by atoms with Gasteiger partial charge in [-0.25, -0.2) is 5.43 Å². The van der Waals surface area contributed by atoms with Gasteiger partial charge in [0.2, 0.25) is 0 Å². The summed E-state index contributed by atoms with van der Waals surface area (Å²) in [5.41, 5.74) is 4.21.